The highest BCUT2D eigenvalue weighted by Gasteiger charge is 2.33. The van der Waals surface area contributed by atoms with Gasteiger partial charge in [0.05, 0.1) is 4.92 Å². The molecule has 0 aliphatic carbocycles. The normalized spacial score (nSPS) is 15.2. The molecule has 166 valence electrons. The standard InChI is InChI=1S/C24H20N4O4S/c1-3-12-26-23(30)20(22(29)25-24(26)33)13-19-15(2)27(21-7-5-4-6-18(19)21)14-16-8-10-17(11-9-16)28(31)32/h3-11,13H,1,12,14H2,2H3,(H,25,29,33)/b20-13+. The summed E-state index contributed by atoms with van der Waals surface area (Å²) in [6, 6.07) is 14.1. The Morgan fingerprint density at radius 2 is 1.85 bits per heavy atom. The van der Waals surface area contributed by atoms with Crippen molar-refractivity contribution in [2.24, 2.45) is 0 Å². The van der Waals surface area contributed by atoms with Crippen molar-refractivity contribution >= 4 is 51.8 Å². The molecule has 2 amide bonds. The lowest BCUT2D eigenvalue weighted by Crippen LogP contribution is -2.53. The van der Waals surface area contributed by atoms with E-state index in [2.05, 4.69) is 16.5 Å². The van der Waals surface area contributed by atoms with Crippen LogP contribution in [0.15, 0.2) is 66.8 Å². The van der Waals surface area contributed by atoms with Gasteiger partial charge >= 0.3 is 0 Å². The lowest BCUT2D eigenvalue weighted by atomic mass is 10.0. The molecule has 3 aromatic rings. The minimum Gasteiger partial charge on any atom is -0.340 e. The molecule has 8 nitrogen and oxygen atoms in total. The summed E-state index contributed by atoms with van der Waals surface area (Å²) in [5.74, 6) is -1.02. The number of nitrogens with zero attached hydrogens (tertiary/aromatic N) is 3. The number of nitro groups is 1. The van der Waals surface area contributed by atoms with Crippen LogP contribution in [0.1, 0.15) is 16.8 Å². The van der Waals surface area contributed by atoms with Crippen LogP contribution in [0.25, 0.3) is 17.0 Å². The molecule has 9 heteroatoms. The van der Waals surface area contributed by atoms with Gasteiger partial charge in [-0.2, -0.15) is 0 Å². The van der Waals surface area contributed by atoms with Gasteiger partial charge in [0.25, 0.3) is 17.5 Å². The number of carbonyl (C=O) groups is 2. The first-order valence-electron chi connectivity index (χ1n) is 10.1. The number of nitro benzene ring substituents is 1. The Morgan fingerprint density at radius 1 is 1.15 bits per heavy atom. The van der Waals surface area contributed by atoms with Gasteiger partial charge in [0.1, 0.15) is 5.57 Å². The van der Waals surface area contributed by atoms with Crippen molar-refractivity contribution in [1.82, 2.24) is 14.8 Å². The van der Waals surface area contributed by atoms with Crippen molar-refractivity contribution in [2.45, 2.75) is 13.5 Å². The first-order chi connectivity index (χ1) is 15.8. The predicted octanol–water partition coefficient (Wildman–Crippen LogP) is 3.72. The third kappa shape index (κ3) is 4.06. The largest absolute Gasteiger partial charge is 0.340 e. The van der Waals surface area contributed by atoms with E-state index in [0.29, 0.717) is 6.54 Å². The molecule has 0 unspecified atom stereocenters. The molecule has 1 aromatic heterocycles. The van der Waals surface area contributed by atoms with E-state index in [1.807, 2.05) is 31.2 Å². The summed E-state index contributed by atoms with van der Waals surface area (Å²) in [7, 11) is 0. The topological polar surface area (TPSA) is 97.5 Å². The highest BCUT2D eigenvalue weighted by molar-refractivity contribution is 7.80. The van der Waals surface area contributed by atoms with Crippen LogP contribution in [-0.2, 0) is 16.1 Å². The Balaban J connectivity index is 1.79. The lowest BCUT2D eigenvalue weighted by molar-refractivity contribution is -0.384. The summed E-state index contributed by atoms with van der Waals surface area (Å²) in [5, 5.41) is 14.4. The average molecular weight is 461 g/mol. The van der Waals surface area contributed by atoms with E-state index in [4.69, 9.17) is 12.2 Å². The maximum absolute atomic E-state index is 13.0. The SMILES string of the molecule is C=CCN1C(=O)/C(=C/c2c(C)n(Cc3ccc([N+](=O)[O-])cc3)c3ccccc23)C(=O)NC1=S. The van der Waals surface area contributed by atoms with Gasteiger partial charge in [-0.3, -0.25) is 29.9 Å². The number of thiocarbonyl (C=S) groups is 1. The van der Waals surface area contributed by atoms with Gasteiger partial charge in [0, 0.05) is 47.4 Å². The second kappa shape index (κ2) is 8.79. The number of aromatic nitrogens is 1. The smallest absolute Gasteiger partial charge is 0.269 e. The maximum atomic E-state index is 13.0. The summed E-state index contributed by atoms with van der Waals surface area (Å²) in [6.07, 6.45) is 3.14. The monoisotopic (exact) mass is 460 g/mol. The van der Waals surface area contributed by atoms with E-state index in [1.165, 1.54) is 17.0 Å². The second-order valence-electron chi connectivity index (χ2n) is 7.55. The van der Waals surface area contributed by atoms with Crippen molar-refractivity contribution in [3.63, 3.8) is 0 Å². The second-order valence-corrected chi connectivity index (χ2v) is 7.93. The Bertz CT molecular complexity index is 1350. The zero-order valence-electron chi connectivity index (χ0n) is 17.8. The van der Waals surface area contributed by atoms with Crippen molar-refractivity contribution in [3.8, 4) is 0 Å². The number of carbonyl (C=O) groups excluding carboxylic acids is 2. The Labute approximate surface area is 194 Å². The number of nitrogens with one attached hydrogen (secondary N) is 1. The van der Waals surface area contributed by atoms with E-state index < -0.39 is 16.7 Å². The first kappa shape index (κ1) is 22.1. The number of hydrogen-bond acceptors (Lipinski definition) is 5. The molecule has 0 bridgehead atoms. The molecule has 2 aromatic carbocycles. The van der Waals surface area contributed by atoms with Crippen molar-refractivity contribution in [1.29, 1.82) is 0 Å². The fourth-order valence-corrected chi connectivity index (χ4v) is 4.13. The number of rotatable bonds is 6. The Hall–Kier alpha value is -4.11. The fourth-order valence-electron chi connectivity index (χ4n) is 3.88. The first-order valence-corrected chi connectivity index (χ1v) is 10.5. The van der Waals surface area contributed by atoms with E-state index >= 15 is 0 Å². The van der Waals surface area contributed by atoms with Crippen LogP contribution in [0.5, 0.6) is 0 Å². The highest BCUT2D eigenvalue weighted by Crippen LogP contribution is 2.30. The third-order valence-corrected chi connectivity index (χ3v) is 5.88. The fraction of sp³-hybridized carbons (Fsp3) is 0.125. The van der Waals surface area contributed by atoms with Crippen LogP contribution < -0.4 is 5.32 Å². The number of para-hydroxylation sites is 1. The summed E-state index contributed by atoms with van der Waals surface area (Å²) < 4.78 is 2.06. The van der Waals surface area contributed by atoms with Crippen LogP contribution in [0.3, 0.4) is 0 Å². The van der Waals surface area contributed by atoms with E-state index in [9.17, 15) is 19.7 Å². The Kier molecular flexibility index (Phi) is 5.89. The van der Waals surface area contributed by atoms with Crippen LogP contribution >= 0.6 is 12.2 Å². The molecule has 1 aliphatic heterocycles. The highest BCUT2D eigenvalue weighted by atomic mass is 32.1. The average Bonchev–Trinajstić information content (AvgIpc) is 3.05. The third-order valence-electron chi connectivity index (χ3n) is 5.55. The number of hydrogen-bond donors (Lipinski definition) is 1. The minimum absolute atomic E-state index is 0.00760. The molecule has 33 heavy (non-hydrogen) atoms. The molecule has 1 aliphatic rings. The van der Waals surface area contributed by atoms with Crippen molar-refractivity contribution < 1.29 is 14.5 Å². The number of amides is 2. The molecule has 2 heterocycles. The van der Waals surface area contributed by atoms with E-state index in [1.54, 1.807) is 24.3 Å². The zero-order chi connectivity index (χ0) is 23.7. The molecule has 0 spiro atoms. The Morgan fingerprint density at radius 3 is 2.52 bits per heavy atom. The van der Waals surface area contributed by atoms with Gasteiger partial charge < -0.3 is 4.57 Å². The quantitative estimate of drug-likeness (QED) is 0.151. The summed E-state index contributed by atoms with van der Waals surface area (Å²) >= 11 is 5.12. The number of non-ortho nitro benzene ring substituents is 1. The van der Waals surface area contributed by atoms with Gasteiger partial charge in [-0.15, -0.1) is 6.58 Å². The lowest BCUT2D eigenvalue weighted by Gasteiger charge is -2.27. The van der Waals surface area contributed by atoms with Crippen LogP contribution in [0.2, 0.25) is 0 Å². The molecule has 0 saturated carbocycles. The van der Waals surface area contributed by atoms with Crippen molar-refractivity contribution in [2.75, 3.05) is 6.54 Å². The van der Waals surface area contributed by atoms with Crippen LogP contribution in [0.4, 0.5) is 5.69 Å². The molecular formula is C24H20N4O4S. The van der Waals surface area contributed by atoms with Crippen molar-refractivity contribution in [3.05, 3.63) is 93.7 Å². The summed E-state index contributed by atoms with van der Waals surface area (Å²) in [6.45, 7) is 6.21. The van der Waals surface area contributed by atoms with Gasteiger partial charge in [-0.1, -0.05) is 36.4 Å². The molecule has 1 fully saturated rings. The zero-order valence-corrected chi connectivity index (χ0v) is 18.6. The molecule has 1 N–H and O–H groups in total. The number of benzene rings is 2. The molecule has 4 rings (SSSR count). The summed E-state index contributed by atoms with van der Waals surface area (Å²) in [4.78, 5) is 37.4. The minimum atomic E-state index is -0.545. The van der Waals surface area contributed by atoms with Crippen LogP contribution in [-0.4, -0.2) is 37.9 Å². The molecule has 0 atom stereocenters. The van der Waals surface area contributed by atoms with Gasteiger partial charge in [0.2, 0.25) is 0 Å². The molecular weight excluding hydrogens is 440 g/mol. The molecule has 0 radical (unpaired) electrons. The van der Waals surface area contributed by atoms with Crippen LogP contribution in [0, 0.1) is 17.0 Å². The van der Waals surface area contributed by atoms with Gasteiger partial charge in [0.15, 0.2) is 5.11 Å². The van der Waals surface area contributed by atoms with E-state index in [-0.39, 0.29) is 22.9 Å². The van der Waals surface area contributed by atoms with Gasteiger partial charge in [-0.25, -0.2) is 0 Å². The predicted molar refractivity (Wildman–Crippen MR) is 130 cm³/mol. The number of fused-ring (bicyclic) bond motifs is 1. The summed E-state index contributed by atoms with van der Waals surface area (Å²) in [5.41, 5.74) is 3.43. The molecule has 1 saturated heterocycles. The van der Waals surface area contributed by atoms with E-state index in [0.717, 1.165) is 27.7 Å². The maximum Gasteiger partial charge on any atom is 0.269 e. The van der Waals surface area contributed by atoms with Gasteiger partial charge in [-0.05, 0) is 36.8 Å².